The number of benzene rings is 1. The Hall–Kier alpha value is -1.10. The molecule has 106 valence electrons. The minimum absolute atomic E-state index is 0.0840. The van der Waals surface area contributed by atoms with Crippen LogP contribution >= 0.6 is 0 Å². The molecule has 1 saturated heterocycles. The smallest absolute Gasteiger partial charge is 0.122 e. The Bertz CT molecular complexity index is 391. The summed E-state index contributed by atoms with van der Waals surface area (Å²) in [5, 5.41) is 10.6. The summed E-state index contributed by atoms with van der Waals surface area (Å²) >= 11 is 0. The highest BCUT2D eigenvalue weighted by molar-refractivity contribution is 5.37. The topological polar surface area (TPSA) is 64.7 Å². The van der Waals surface area contributed by atoms with Crippen molar-refractivity contribution < 1.29 is 14.6 Å². The van der Waals surface area contributed by atoms with Crippen molar-refractivity contribution in [1.82, 2.24) is 0 Å². The number of hydrogen-bond donors (Lipinski definition) is 2. The first-order valence-corrected chi connectivity index (χ1v) is 6.86. The summed E-state index contributed by atoms with van der Waals surface area (Å²) in [4.78, 5) is 0. The van der Waals surface area contributed by atoms with E-state index in [0.29, 0.717) is 6.54 Å². The minimum Gasteiger partial charge on any atom is -0.496 e. The summed E-state index contributed by atoms with van der Waals surface area (Å²) in [5.74, 6) is 0.968. The molecule has 2 atom stereocenters. The lowest BCUT2D eigenvalue weighted by Crippen LogP contribution is -2.35. The molecular weight excluding hydrogens is 242 g/mol. The van der Waals surface area contributed by atoms with Gasteiger partial charge >= 0.3 is 0 Å². The maximum Gasteiger partial charge on any atom is 0.122 e. The van der Waals surface area contributed by atoms with Gasteiger partial charge in [-0.25, -0.2) is 0 Å². The summed E-state index contributed by atoms with van der Waals surface area (Å²) < 4.78 is 10.7. The Labute approximate surface area is 114 Å². The number of rotatable bonds is 5. The van der Waals surface area contributed by atoms with Crippen molar-refractivity contribution >= 4 is 0 Å². The summed E-state index contributed by atoms with van der Waals surface area (Å²) in [6, 6.07) is 7.78. The van der Waals surface area contributed by atoms with Crippen LogP contribution in [0.5, 0.6) is 5.75 Å². The van der Waals surface area contributed by atoms with Crippen LogP contribution in [0.4, 0.5) is 0 Å². The molecule has 1 fully saturated rings. The molecule has 1 aliphatic rings. The molecular formula is C15H23NO3. The molecule has 0 spiro atoms. The van der Waals surface area contributed by atoms with E-state index in [1.165, 1.54) is 0 Å². The van der Waals surface area contributed by atoms with E-state index < -0.39 is 6.10 Å². The molecule has 0 aromatic heterocycles. The van der Waals surface area contributed by atoms with Crippen LogP contribution in [-0.2, 0) is 4.74 Å². The van der Waals surface area contributed by atoms with Crippen molar-refractivity contribution in [3.8, 4) is 5.75 Å². The lowest BCUT2D eigenvalue weighted by Gasteiger charge is -2.32. The van der Waals surface area contributed by atoms with E-state index >= 15 is 0 Å². The Balaban J connectivity index is 2.18. The molecule has 2 unspecified atom stereocenters. The van der Waals surface area contributed by atoms with Gasteiger partial charge in [-0.3, -0.25) is 0 Å². The first-order chi connectivity index (χ1) is 9.27. The molecule has 2 rings (SSSR count). The molecule has 3 N–H and O–H groups in total. The number of ether oxygens (including phenoxy) is 2. The monoisotopic (exact) mass is 265 g/mol. The van der Waals surface area contributed by atoms with E-state index in [9.17, 15) is 5.11 Å². The molecule has 1 aromatic rings. The van der Waals surface area contributed by atoms with Gasteiger partial charge in [0.1, 0.15) is 5.75 Å². The average Bonchev–Trinajstić information content (AvgIpc) is 2.49. The lowest BCUT2D eigenvalue weighted by molar-refractivity contribution is -0.00220. The van der Waals surface area contributed by atoms with Crippen LogP contribution in [0.25, 0.3) is 0 Å². The Morgan fingerprint density at radius 1 is 1.37 bits per heavy atom. The molecule has 1 aliphatic heterocycles. The van der Waals surface area contributed by atoms with E-state index in [4.69, 9.17) is 15.2 Å². The second kappa shape index (κ2) is 6.89. The number of hydrogen-bond acceptors (Lipinski definition) is 4. The molecule has 1 heterocycles. The van der Waals surface area contributed by atoms with Crippen LogP contribution in [0.2, 0.25) is 0 Å². The molecule has 1 aromatic carbocycles. The zero-order valence-electron chi connectivity index (χ0n) is 11.4. The Kier molecular flexibility index (Phi) is 5.19. The summed E-state index contributed by atoms with van der Waals surface area (Å²) in [6.45, 7) is 1.87. The average molecular weight is 265 g/mol. The molecule has 0 bridgehead atoms. The molecule has 0 amide bonds. The van der Waals surface area contributed by atoms with Gasteiger partial charge in [0.2, 0.25) is 0 Å². The highest BCUT2D eigenvalue weighted by Gasteiger charge is 2.30. The summed E-state index contributed by atoms with van der Waals surface area (Å²) in [5.41, 5.74) is 6.88. The predicted octanol–water partition coefficient (Wildman–Crippen LogP) is 1.53. The lowest BCUT2D eigenvalue weighted by atomic mass is 9.82. The molecule has 19 heavy (non-hydrogen) atoms. The SMILES string of the molecule is COc1ccccc1C(CN)C(O)C1CCOCC1. The van der Waals surface area contributed by atoms with Gasteiger partial charge in [-0.2, -0.15) is 0 Å². The number of para-hydroxylation sites is 1. The Morgan fingerprint density at radius 3 is 2.68 bits per heavy atom. The second-order valence-corrected chi connectivity index (χ2v) is 5.02. The Morgan fingerprint density at radius 2 is 2.05 bits per heavy atom. The van der Waals surface area contributed by atoms with Gasteiger partial charge in [0.15, 0.2) is 0 Å². The van der Waals surface area contributed by atoms with Gasteiger partial charge in [-0.15, -0.1) is 0 Å². The van der Waals surface area contributed by atoms with Gasteiger partial charge in [-0.1, -0.05) is 18.2 Å². The fourth-order valence-electron chi connectivity index (χ4n) is 2.81. The van der Waals surface area contributed by atoms with Gasteiger partial charge in [-0.05, 0) is 24.8 Å². The molecule has 0 aliphatic carbocycles. The maximum absolute atomic E-state index is 10.6. The fourth-order valence-corrected chi connectivity index (χ4v) is 2.81. The molecule has 4 nitrogen and oxygen atoms in total. The van der Waals surface area contributed by atoms with Gasteiger partial charge < -0.3 is 20.3 Å². The quantitative estimate of drug-likeness (QED) is 0.847. The standard InChI is InChI=1S/C15H23NO3/c1-18-14-5-3-2-4-12(14)13(10-16)15(17)11-6-8-19-9-7-11/h2-5,11,13,15,17H,6-10,16H2,1H3. The van der Waals surface area contributed by atoms with Crippen LogP contribution in [0.3, 0.4) is 0 Å². The molecule has 0 saturated carbocycles. The number of methoxy groups -OCH3 is 1. The third kappa shape index (κ3) is 3.26. The van der Waals surface area contributed by atoms with Crippen molar-refractivity contribution in [2.24, 2.45) is 11.7 Å². The molecule has 4 heteroatoms. The van der Waals surface area contributed by atoms with Crippen LogP contribution in [0, 0.1) is 5.92 Å². The summed E-state index contributed by atoms with van der Waals surface area (Å²) in [6.07, 6.45) is 1.35. The highest BCUT2D eigenvalue weighted by atomic mass is 16.5. The first-order valence-electron chi connectivity index (χ1n) is 6.86. The maximum atomic E-state index is 10.6. The van der Waals surface area contributed by atoms with Crippen LogP contribution in [0.1, 0.15) is 24.3 Å². The third-order valence-electron chi connectivity index (χ3n) is 3.95. The van der Waals surface area contributed by atoms with E-state index in [0.717, 1.165) is 37.4 Å². The van der Waals surface area contributed by atoms with Gasteiger partial charge in [0.05, 0.1) is 13.2 Å². The zero-order chi connectivity index (χ0) is 13.7. The first kappa shape index (κ1) is 14.3. The number of aliphatic hydroxyl groups excluding tert-OH is 1. The fraction of sp³-hybridized carbons (Fsp3) is 0.600. The van der Waals surface area contributed by atoms with Crippen molar-refractivity contribution in [3.05, 3.63) is 29.8 Å². The largest absolute Gasteiger partial charge is 0.496 e. The van der Waals surface area contributed by atoms with Crippen molar-refractivity contribution in [2.45, 2.75) is 24.9 Å². The van der Waals surface area contributed by atoms with E-state index in [-0.39, 0.29) is 11.8 Å². The summed E-state index contributed by atoms with van der Waals surface area (Å²) in [7, 11) is 1.65. The van der Waals surface area contributed by atoms with Crippen molar-refractivity contribution in [3.63, 3.8) is 0 Å². The van der Waals surface area contributed by atoms with E-state index in [1.54, 1.807) is 7.11 Å². The van der Waals surface area contributed by atoms with E-state index in [1.807, 2.05) is 24.3 Å². The van der Waals surface area contributed by atoms with Gasteiger partial charge in [0, 0.05) is 31.2 Å². The third-order valence-corrected chi connectivity index (χ3v) is 3.95. The predicted molar refractivity (Wildman–Crippen MR) is 74.3 cm³/mol. The van der Waals surface area contributed by atoms with Gasteiger partial charge in [0.25, 0.3) is 0 Å². The second-order valence-electron chi connectivity index (χ2n) is 5.02. The normalized spacial score (nSPS) is 19.9. The van der Waals surface area contributed by atoms with E-state index in [2.05, 4.69) is 0 Å². The zero-order valence-corrected chi connectivity index (χ0v) is 11.4. The van der Waals surface area contributed by atoms with Crippen LogP contribution in [0.15, 0.2) is 24.3 Å². The van der Waals surface area contributed by atoms with Crippen molar-refractivity contribution in [1.29, 1.82) is 0 Å². The minimum atomic E-state index is -0.440. The number of nitrogens with two attached hydrogens (primary N) is 1. The highest BCUT2D eigenvalue weighted by Crippen LogP contribution is 2.33. The number of aliphatic hydroxyl groups is 1. The molecule has 0 radical (unpaired) electrons. The van der Waals surface area contributed by atoms with Crippen molar-refractivity contribution in [2.75, 3.05) is 26.9 Å². The van der Waals surface area contributed by atoms with Crippen LogP contribution < -0.4 is 10.5 Å². The van der Waals surface area contributed by atoms with Crippen LogP contribution in [-0.4, -0.2) is 38.1 Å².